The number of carbonyl (C=O) groups excluding carboxylic acids is 1. The van der Waals surface area contributed by atoms with E-state index in [1.807, 2.05) is 42.6 Å². The number of likely N-dealkylation sites (N-methyl/N-ethyl adjacent to an activating group) is 1. The second kappa shape index (κ2) is 7.07. The molecule has 0 aliphatic carbocycles. The molecule has 1 heterocycles. The highest BCUT2D eigenvalue weighted by Gasteiger charge is 2.16. The molecule has 0 saturated heterocycles. The summed E-state index contributed by atoms with van der Waals surface area (Å²) in [5.74, 6) is -0.0247. The third-order valence-electron chi connectivity index (χ3n) is 3.44. The fraction of sp³-hybridized carbons (Fsp3) is 0.389. The monoisotopic (exact) mass is 316 g/mol. The van der Waals surface area contributed by atoms with Gasteiger partial charge in [-0.2, -0.15) is 0 Å². The van der Waals surface area contributed by atoms with E-state index in [4.69, 9.17) is 0 Å². The Bertz CT molecular complexity index is 623. The number of carbonyl (C=O) groups is 1. The molecule has 0 bridgehead atoms. The third kappa shape index (κ3) is 4.18. The Balaban J connectivity index is 2.08. The molecule has 22 heavy (non-hydrogen) atoms. The van der Waals surface area contributed by atoms with Gasteiger partial charge in [0.1, 0.15) is 0 Å². The molecule has 1 amide bonds. The zero-order chi connectivity index (χ0) is 16.2. The molecular weight excluding hydrogens is 292 g/mol. The molecule has 0 saturated carbocycles. The van der Waals surface area contributed by atoms with Gasteiger partial charge in [-0.1, -0.05) is 32.9 Å². The van der Waals surface area contributed by atoms with Gasteiger partial charge in [0.25, 0.3) is 5.91 Å². The van der Waals surface area contributed by atoms with E-state index in [0.29, 0.717) is 12.1 Å². The summed E-state index contributed by atoms with van der Waals surface area (Å²) in [6.45, 7) is 8.08. The van der Waals surface area contributed by atoms with Crippen molar-refractivity contribution in [1.82, 2.24) is 10.6 Å². The van der Waals surface area contributed by atoms with Gasteiger partial charge in [-0.25, -0.2) is 0 Å². The lowest BCUT2D eigenvalue weighted by Gasteiger charge is -2.15. The summed E-state index contributed by atoms with van der Waals surface area (Å²) in [6, 6.07) is 12.2. The summed E-state index contributed by atoms with van der Waals surface area (Å²) in [6.07, 6.45) is 0. The summed E-state index contributed by atoms with van der Waals surface area (Å²) in [5, 5.41) is 5.89. The van der Waals surface area contributed by atoms with Gasteiger partial charge in [-0.05, 0) is 42.3 Å². The van der Waals surface area contributed by atoms with Gasteiger partial charge < -0.3 is 10.6 Å². The van der Waals surface area contributed by atoms with Crippen molar-refractivity contribution in [2.24, 2.45) is 0 Å². The molecule has 2 rings (SSSR count). The van der Waals surface area contributed by atoms with Crippen LogP contribution in [0.15, 0.2) is 36.4 Å². The Hall–Kier alpha value is -1.65. The highest BCUT2D eigenvalue weighted by molar-refractivity contribution is 7.15. The molecule has 4 heteroatoms. The highest BCUT2D eigenvalue weighted by atomic mass is 32.1. The first-order valence-corrected chi connectivity index (χ1v) is 8.37. The van der Waals surface area contributed by atoms with Crippen LogP contribution in [-0.4, -0.2) is 26.0 Å². The molecule has 1 aromatic carbocycles. The van der Waals surface area contributed by atoms with Crippen molar-refractivity contribution in [3.63, 3.8) is 0 Å². The van der Waals surface area contributed by atoms with E-state index in [9.17, 15) is 4.79 Å². The van der Waals surface area contributed by atoms with E-state index >= 15 is 0 Å². The first-order chi connectivity index (χ1) is 10.4. The zero-order valence-electron chi connectivity index (χ0n) is 13.7. The number of rotatable bonds is 5. The molecule has 3 nitrogen and oxygen atoms in total. The van der Waals surface area contributed by atoms with Crippen LogP contribution in [0.5, 0.6) is 0 Å². The van der Waals surface area contributed by atoms with Gasteiger partial charge in [0.05, 0.1) is 0 Å². The lowest BCUT2D eigenvalue weighted by atomic mass is 9.95. The first kappa shape index (κ1) is 16.7. The average molecular weight is 316 g/mol. The summed E-state index contributed by atoms with van der Waals surface area (Å²) < 4.78 is 0. The van der Waals surface area contributed by atoms with E-state index in [1.165, 1.54) is 9.75 Å². The highest BCUT2D eigenvalue weighted by Crippen LogP contribution is 2.34. The maximum atomic E-state index is 12.0. The number of thiophene rings is 1. The van der Waals surface area contributed by atoms with E-state index in [2.05, 4.69) is 43.5 Å². The van der Waals surface area contributed by atoms with E-state index in [0.717, 1.165) is 12.1 Å². The fourth-order valence-electron chi connectivity index (χ4n) is 2.09. The average Bonchev–Trinajstić information content (AvgIpc) is 2.97. The van der Waals surface area contributed by atoms with Gasteiger partial charge >= 0.3 is 0 Å². The summed E-state index contributed by atoms with van der Waals surface area (Å²) in [4.78, 5) is 14.6. The van der Waals surface area contributed by atoms with Crippen molar-refractivity contribution in [1.29, 1.82) is 0 Å². The quantitative estimate of drug-likeness (QED) is 0.827. The summed E-state index contributed by atoms with van der Waals surface area (Å²) >= 11 is 1.82. The van der Waals surface area contributed by atoms with Crippen molar-refractivity contribution in [3.8, 4) is 10.4 Å². The molecule has 2 N–H and O–H groups in total. The standard InChI is InChI=1S/C18H24N2OS/c1-18(2,3)16-10-9-15(22-16)13-5-7-14(8-6-13)17(21)20-12-11-19-4/h5-10,19H,11-12H2,1-4H3,(H,20,21). The Kier molecular flexibility index (Phi) is 5.37. The molecule has 0 radical (unpaired) electrons. The van der Waals surface area contributed by atoms with Crippen LogP contribution < -0.4 is 10.6 Å². The number of hydrogen-bond donors (Lipinski definition) is 2. The summed E-state index contributed by atoms with van der Waals surface area (Å²) in [5.41, 5.74) is 2.04. The van der Waals surface area contributed by atoms with Crippen molar-refractivity contribution in [3.05, 3.63) is 46.8 Å². The minimum absolute atomic E-state index is 0.0247. The SMILES string of the molecule is CNCCNC(=O)c1ccc(-c2ccc(C(C)(C)C)s2)cc1. The van der Waals surface area contributed by atoms with Crippen molar-refractivity contribution in [2.45, 2.75) is 26.2 Å². The van der Waals surface area contributed by atoms with E-state index in [1.54, 1.807) is 0 Å². The molecule has 0 unspecified atom stereocenters. The largest absolute Gasteiger partial charge is 0.351 e. The van der Waals surface area contributed by atoms with Crippen LogP contribution in [0.25, 0.3) is 10.4 Å². The normalized spacial score (nSPS) is 11.5. The second-order valence-corrected chi connectivity index (χ2v) is 7.43. The van der Waals surface area contributed by atoms with Crippen LogP contribution in [0.2, 0.25) is 0 Å². The van der Waals surface area contributed by atoms with E-state index < -0.39 is 0 Å². The van der Waals surface area contributed by atoms with Crippen LogP contribution in [-0.2, 0) is 5.41 Å². The predicted octanol–water partition coefficient (Wildman–Crippen LogP) is 3.66. The van der Waals surface area contributed by atoms with Crippen LogP contribution in [0.1, 0.15) is 36.0 Å². The lowest BCUT2D eigenvalue weighted by Crippen LogP contribution is -2.30. The number of benzene rings is 1. The zero-order valence-corrected chi connectivity index (χ0v) is 14.5. The van der Waals surface area contributed by atoms with E-state index in [-0.39, 0.29) is 11.3 Å². The third-order valence-corrected chi connectivity index (χ3v) is 5.00. The topological polar surface area (TPSA) is 41.1 Å². The van der Waals surface area contributed by atoms with Gasteiger partial charge in [-0.3, -0.25) is 4.79 Å². The molecule has 2 aromatic rings. The molecule has 0 atom stereocenters. The Labute approximate surface area is 136 Å². The minimum atomic E-state index is -0.0247. The van der Waals surface area contributed by atoms with Crippen molar-refractivity contribution >= 4 is 17.2 Å². The molecule has 118 valence electrons. The second-order valence-electron chi connectivity index (χ2n) is 6.35. The molecule has 0 fully saturated rings. The van der Waals surface area contributed by atoms with Crippen LogP contribution in [0, 0.1) is 0 Å². The van der Waals surface area contributed by atoms with Crippen LogP contribution >= 0.6 is 11.3 Å². The van der Waals surface area contributed by atoms with Crippen molar-refractivity contribution < 1.29 is 4.79 Å². The minimum Gasteiger partial charge on any atom is -0.351 e. The Morgan fingerprint density at radius 1 is 1.05 bits per heavy atom. The Morgan fingerprint density at radius 3 is 2.27 bits per heavy atom. The Morgan fingerprint density at radius 2 is 1.73 bits per heavy atom. The number of hydrogen-bond acceptors (Lipinski definition) is 3. The predicted molar refractivity (Wildman–Crippen MR) is 94.7 cm³/mol. The molecule has 0 aliphatic heterocycles. The smallest absolute Gasteiger partial charge is 0.251 e. The van der Waals surface area contributed by atoms with Gasteiger partial charge in [0.2, 0.25) is 0 Å². The van der Waals surface area contributed by atoms with Crippen LogP contribution in [0.4, 0.5) is 0 Å². The number of nitrogens with one attached hydrogen (secondary N) is 2. The molecular formula is C18H24N2OS. The molecule has 1 aromatic heterocycles. The maximum Gasteiger partial charge on any atom is 0.251 e. The maximum absolute atomic E-state index is 12.0. The van der Waals surface area contributed by atoms with Gasteiger partial charge in [0.15, 0.2) is 0 Å². The van der Waals surface area contributed by atoms with Crippen molar-refractivity contribution in [2.75, 3.05) is 20.1 Å². The number of amides is 1. The fourth-order valence-corrected chi connectivity index (χ4v) is 3.15. The molecule has 0 aliphatic rings. The summed E-state index contributed by atoms with van der Waals surface area (Å²) in [7, 11) is 1.87. The van der Waals surface area contributed by atoms with Gasteiger partial charge in [0, 0.05) is 28.4 Å². The lowest BCUT2D eigenvalue weighted by molar-refractivity contribution is 0.0954. The molecule has 0 spiro atoms. The first-order valence-electron chi connectivity index (χ1n) is 7.55. The van der Waals surface area contributed by atoms with Gasteiger partial charge in [-0.15, -0.1) is 11.3 Å². The van der Waals surface area contributed by atoms with Crippen LogP contribution in [0.3, 0.4) is 0 Å².